The van der Waals surface area contributed by atoms with Crippen molar-refractivity contribution in [3.63, 3.8) is 0 Å². The van der Waals surface area contributed by atoms with Crippen LogP contribution in [0.3, 0.4) is 0 Å². The van der Waals surface area contributed by atoms with Crippen molar-refractivity contribution in [1.82, 2.24) is 14.9 Å². The summed E-state index contributed by atoms with van der Waals surface area (Å²) < 4.78 is 15.0. The second kappa shape index (κ2) is 3.72. The fourth-order valence-corrected chi connectivity index (χ4v) is 1.91. The number of imidazole rings is 1. The lowest BCUT2D eigenvalue weighted by Gasteiger charge is -2.29. The van der Waals surface area contributed by atoms with E-state index in [2.05, 4.69) is 14.9 Å². The lowest BCUT2D eigenvalue weighted by molar-refractivity contribution is 0.346. The molecule has 0 spiro atoms. The average Bonchev–Trinajstić information content (AvgIpc) is 2.65. The highest BCUT2D eigenvalue weighted by Crippen LogP contribution is 2.24. The minimum atomic E-state index is -0.208. The zero-order valence-electron chi connectivity index (χ0n) is 8.73. The van der Waals surface area contributed by atoms with E-state index in [1.807, 2.05) is 12.5 Å². The second-order valence-electron chi connectivity index (χ2n) is 4.01. The Morgan fingerprint density at radius 1 is 1.25 bits per heavy atom. The molecule has 2 aromatic rings. The molecule has 0 amide bonds. The van der Waals surface area contributed by atoms with E-state index in [0.29, 0.717) is 6.04 Å². The van der Waals surface area contributed by atoms with Gasteiger partial charge in [0.05, 0.1) is 24.3 Å². The first-order chi connectivity index (χ1) is 7.84. The van der Waals surface area contributed by atoms with Crippen molar-refractivity contribution in [1.29, 1.82) is 0 Å². The fourth-order valence-electron chi connectivity index (χ4n) is 1.91. The molecule has 1 aromatic carbocycles. The van der Waals surface area contributed by atoms with E-state index in [0.717, 1.165) is 24.3 Å². The van der Waals surface area contributed by atoms with Crippen molar-refractivity contribution >= 4 is 0 Å². The Balaban J connectivity index is 1.99. The van der Waals surface area contributed by atoms with E-state index in [4.69, 9.17) is 0 Å². The number of benzene rings is 1. The quantitative estimate of drug-likeness (QED) is 0.831. The van der Waals surface area contributed by atoms with E-state index >= 15 is 0 Å². The summed E-state index contributed by atoms with van der Waals surface area (Å²) in [6.07, 6.45) is 3.66. The summed E-state index contributed by atoms with van der Waals surface area (Å²) >= 11 is 0. The third-order valence-electron chi connectivity index (χ3n) is 2.96. The molecular weight excluding hydrogens is 205 g/mol. The van der Waals surface area contributed by atoms with Crippen LogP contribution in [0.5, 0.6) is 0 Å². The van der Waals surface area contributed by atoms with Crippen LogP contribution in [-0.2, 0) is 0 Å². The fraction of sp³-hybridized carbons (Fsp3) is 0.250. The molecule has 0 atom stereocenters. The van der Waals surface area contributed by atoms with Crippen LogP contribution in [-0.4, -0.2) is 22.6 Å². The van der Waals surface area contributed by atoms with Crippen LogP contribution in [0, 0.1) is 5.82 Å². The molecule has 0 radical (unpaired) electrons. The monoisotopic (exact) mass is 217 g/mol. The van der Waals surface area contributed by atoms with Gasteiger partial charge in [-0.05, 0) is 29.8 Å². The molecule has 82 valence electrons. The van der Waals surface area contributed by atoms with Gasteiger partial charge in [-0.2, -0.15) is 0 Å². The number of nitrogens with zero attached hydrogens (tertiary/aromatic N) is 2. The molecule has 4 heteroatoms. The predicted octanol–water partition coefficient (Wildman–Crippen LogP) is 1.83. The maximum absolute atomic E-state index is 12.8. The average molecular weight is 217 g/mol. The topological polar surface area (TPSA) is 29.9 Å². The minimum absolute atomic E-state index is 0.208. The van der Waals surface area contributed by atoms with Gasteiger partial charge in [-0.15, -0.1) is 0 Å². The third-order valence-corrected chi connectivity index (χ3v) is 2.96. The molecule has 1 aliphatic rings. The summed E-state index contributed by atoms with van der Waals surface area (Å²) in [5.41, 5.74) is 2.05. The van der Waals surface area contributed by atoms with Gasteiger partial charge in [-0.25, -0.2) is 9.37 Å². The Kier molecular flexibility index (Phi) is 2.22. The highest BCUT2D eigenvalue weighted by Gasteiger charge is 2.21. The lowest BCUT2D eigenvalue weighted by Crippen LogP contribution is -2.43. The Labute approximate surface area is 92.9 Å². The smallest absolute Gasteiger partial charge is 0.123 e. The van der Waals surface area contributed by atoms with Gasteiger partial charge in [0, 0.05) is 13.1 Å². The number of rotatable bonds is 2. The van der Waals surface area contributed by atoms with Crippen molar-refractivity contribution in [3.05, 3.63) is 42.6 Å². The molecule has 0 aliphatic carbocycles. The maximum atomic E-state index is 12.8. The number of hydrogen-bond donors (Lipinski definition) is 1. The van der Waals surface area contributed by atoms with E-state index < -0.39 is 0 Å². The largest absolute Gasteiger partial charge is 0.325 e. The van der Waals surface area contributed by atoms with Crippen LogP contribution in [0.25, 0.3) is 11.3 Å². The van der Waals surface area contributed by atoms with E-state index in [1.54, 1.807) is 12.1 Å². The van der Waals surface area contributed by atoms with Crippen LogP contribution in [0.15, 0.2) is 36.8 Å². The zero-order chi connectivity index (χ0) is 11.0. The van der Waals surface area contributed by atoms with Gasteiger partial charge in [-0.3, -0.25) is 0 Å². The molecular formula is C12H12FN3. The van der Waals surface area contributed by atoms with Crippen LogP contribution in [0.1, 0.15) is 6.04 Å². The standard InChI is InChI=1S/C12H12FN3/c13-10-3-1-9(2-4-10)12-7-15-8-16(12)11-5-14-6-11/h1-4,7-8,11,14H,5-6H2. The summed E-state index contributed by atoms with van der Waals surface area (Å²) in [4.78, 5) is 4.17. The van der Waals surface area contributed by atoms with Crippen LogP contribution in [0.2, 0.25) is 0 Å². The number of halogens is 1. The highest BCUT2D eigenvalue weighted by atomic mass is 19.1. The Morgan fingerprint density at radius 2 is 2.00 bits per heavy atom. The van der Waals surface area contributed by atoms with Gasteiger partial charge < -0.3 is 9.88 Å². The van der Waals surface area contributed by atoms with Gasteiger partial charge in [-0.1, -0.05) is 0 Å². The first-order valence-corrected chi connectivity index (χ1v) is 5.33. The molecule has 1 fully saturated rings. The number of hydrogen-bond acceptors (Lipinski definition) is 2. The SMILES string of the molecule is Fc1ccc(-c2cncn2C2CNC2)cc1. The molecule has 1 aromatic heterocycles. The first-order valence-electron chi connectivity index (χ1n) is 5.33. The molecule has 1 aliphatic heterocycles. The molecule has 2 heterocycles. The van der Waals surface area contributed by atoms with Crippen LogP contribution in [0.4, 0.5) is 4.39 Å². The van der Waals surface area contributed by atoms with Crippen molar-refractivity contribution in [2.24, 2.45) is 0 Å². The van der Waals surface area contributed by atoms with Crippen molar-refractivity contribution < 1.29 is 4.39 Å². The van der Waals surface area contributed by atoms with Gasteiger partial charge >= 0.3 is 0 Å². The van der Waals surface area contributed by atoms with Gasteiger partial charge in [0.1, 0.15) is 5.82 Å². The third kappa shape index (κ3) is 1.51. The van der Waals surface area contributed by atoms with Crippen molar-refractivity contribution in [2.75, 3.05) is 13.1 Å². The normalized spacial score (nSPS) is 16.1. The van der Waals surface area contributed by atoms with Crippen molar-refractivity contribution in [2.45, 2.75) is 6.04 Å². The van der Waals surface area contributed by atoms with Gasteiger partial charge in [0.15, 0.2) is 0 Å². The van der Waals surface area contributed by atoms with E-state index in [-0.39, 0.29) is 5.82 Å². The molecule has 3 nitrogen and oxygen atoms in total. The molecule has 0 unspecified atom stereocenters. The Morgan fingerprint density at radius 3 is 2.62 bits per heavy atom. The van der Waals surface area contributed by atoms with Crippen LogP contribution >= 0.6 is 0 Å². The first kappa shape index (κ1) is 9.54. The summed E-state index contributed by atoms with van der Waals surface area (Å²) in [5.74, 6) is -0.208. The summed E-state index contributed by atoms with van der Waals surface area (Å²) in [6.45, 7) is 1.95. The molecule has 0 bridgehead atoms. The predicted molar refractivity (Wildman–Crippen MR) is 59.5 cm³/mol. The number of nitrogens with one attached hydrogen (secondary N) is 1. The van der Waals surface area contributed by atoms with E-state index in [9.17, 15) is 4.39 Å². The number of aromatic nitrogens is 2. The molecule has 1 saturated heterocycles. The zero-order valence-corrected chi connectivity index (χ0v) is 8.73. The molecule has 16 heavy (non-hydrogen) atoms. The molecule has 3 rings (SSSR count). The highest BCUT2D eigenvalue weighted by molar-refractivity contribution is 5.58. The Hall–Kier alpha value is -1.68. The summed E-state index contributed by atoms with van der Waals surface area (Å²) in [5, 5.41) is 3.23. The van der Waals surface area contributed by atoms with Gasteiger partial charge in [0.2, 0.25) is 0 Å². The molecule has 0 saturated carbocycles. The van der Waals surface area contributed by atoms with E-state index in [1.165, 1.54) is 12.1 Å². The lowest BCUT2D eigenvalue weighted by atomic mass is 10.1. The van der Waals surface area contributed by atoms with Crippen molar-refractivity contribution in [3.8, 4) is 11.3 Å². The minimum Gasteiger partial charge on any atom is -0.325 e. The Bertz CT molecular complexity index is 485. The van der Waals surface area contributed by atoms with Gasteiger partial charge in [0.25, 0.3) is 0 Å². The summed E-state index contributed by atoms with van der Waals surface area (Å²) in [6, 6.07) is 7.00. The maximum Gasteiger partial charge on any atom is 0.123 e. The second-order valence-corrected chi connectivity index (χ2v) is 4.01. The molecule has 1 N–H and O–H groups in total. The van der Waals surface area contributed by atoms with Crippen LogP contribution < -0.4 is 5.32 Å². The summed E-state index contributed by atoms with van der Waals surface area (Å²) in [7, 11) is 0.